The van der Waals surface area contributed by atoms with Gasteiger partial charge in [-0.25, -0.2) is 0 Å². The first-order valence-corrected chi connectivity index (χ1v) is 8.59. The van der Waals surface area contributed by atoms with E-state index >= 15 is 0 Å². The number of aliphatic hydroxyl groups is 1. The predicted molar refractivity (Wildman–Crippen MR) is 58.7 cm³/mol. The number of alkyl halides is 2. The van der Waals surface area contributed by atoms with E-state index < -0.39 is 2.47 Å². The summed E-state index contributed by atoms with van der Waals surface area (Å²) < 4.78 is 3.91. The van der Waals surface area contributed by atoms with Crippen LogP contribution in [-0.2, 0) is 0 Å². The first-order valence-electron chi connectivity index (χ1n) is 2.83. The van der Waals surface area contributed by atoms with Crippen LogP contribution in [0.3, 0.4) is 0 Å². The van der Waals surface area contributed by atoms with Crippen LogP contribution in [-0.4, -0.2) is 28.3 Å². The third-order valence-electron chi connectivity index (χ3n) is 1.26. The minimum absolute atomic E-state index is 0.116. The van der Waals surface area contributed by atoms with E-state index in [2.05, 4.69) is 54.1 Å². The van der Waals surface area contributed by atoms with E-state index in [0.717, 1.165) is 20.7 Å². The van der Waals surface area contributed by atoms with Crippen molar-refractivity contribution in [2.75, 3.05) is 4.43 Å². The summed E-state index contributed by atoms with van der Waals surface area (Å²) in [6.07, 6.45) is 0. The van der Waals surface area contributed by atoms with Gasteiger partial charge in [0.2, 0.25) is 0 Å². The zero-order valence-electron chi connectivity index (χ0n) is 5.87. The number of hydrogen-bond acceptors (Lipinski definition) is 2. The summed E-state index contributed by atoms with van der Waals surface area (Å²) in [5.74, 6) is 0.454. The molecule has 6 heteroatoms. The first-order chi connectivity index (χ1) is 4.48. The Kier molecular flexibility index (Phi) is 7.78. The topological polar surface area (TPSA) is 32.3 Å². The van der Waals surface area contributed by atoms with E-state index in [1.54, 1.807) is 0 Å². The van der Waals surface area contributed by atoms with Crippen molar-refractivity contribution < 1.29 is 26.6 Å². The fourth-order valence-corrected chi connectivity index (χ4v) is 5.18. The maximum atomic E-state index is 9.55. The molecule has 0 saturated carbocycles. The minimum atomic E-state index is -0.398. The van der Waals surface area contributed by atoms with Crippen molar-refractivity contribution in [3.8, 4) is 0 Å². The first kappa shape index (κ1) is 12.6. The summed E-state index contributed by atoms with van der Waals surface area (Å²) >= 11 is 5.30. The third-order valence-corrected chi connectivity index (χ3v) is 7.29. The Balaban J connectivity index is 3.52. The Hall–Kier alpha value is 2.64. The fourth-order valence-electron chi connectivity index (χ4n) is 0.286. The average molecular weight is 496 g/mol. The molecule has 0 spiro atoms. The van der Waals surface area contributed by atoms with E-state index in [1.165, 1.54) is 0 Å². The molecule has 0 aliphatic carbocycles. The van der Waals surface area contributed by atoms with Gasteiger partial charge in [0.25, 0.3) is 0 Å². The molecule has 0 bridgehead atoms. The van der Waals surface area contributed by atoms with Crippen LogP contribution in [0.5, 0.6) is 0 Å². The van der Waals surface area contributed by atoms with Crippen LogP contribution in [0.2, 0.25) is 0 Å². The van der Waals surface area contributed by atoms with Crippen LogP contribution in [0.15, 0.2) is 0 Å². The monoisotopic (exact) mass is 496 g/mol. The molecule has 0 aliphatic heterocycles. The van der Waals surface area contributed by atoms with Gasteiger partial charge < -0.3 is 0 Å². The summed E-state index contributed by atoms with van der Waals surface area (Å²) in [5, 5.41) is 9.55. The van der Waals surface area contributed by atoms with Gasteiger partial charge in [-0.1, -0.05) is 0 Å². The molecule has 0 aromatic rings. The molecule has 0 fully saturated rings. The quantitative estimate of drug-likeness (QED) is 0.192. The second-order valence-corrected chi connectivity index (χ2v) is 12.8. The molecule has 2 nitrogen and oxygen atoms in total. The SMILES string of the molecule is CC(C[I-]NI)[C](O)([AlH2])I. The molecule has 62 valence electrons. The van der Waals surface area contributed by atoms with Gasteiger partial charge in [0, 0.05) is 0 Å². The van der Waals surface area contributed by atoms with E-state index in [-0.39, 0.29) is 21.5 Å². The number of nitrogens with one attached hydrogen (secondary N) is 1. The van der Waals surface area contributed by atoms with Crippen molar-refractivity contribution in [3.05, 3.63) is 0 Å². The Morgan fingerprint density at radius 1 is 1.90 bits per heavy atom. The normalized spacial score (nSPS) is 20.4. The van der Waals surface area contributed by atoms with Gasteiger partial charge in [-0.15, -0.1) is 0 Å². The van der Waals surface area contributed by atoms with Gasteiger partial charge >= 0.3 is 110 Å². The summed E-state index contributed by atoms with van der Waals surface area (Å²) in [7, 11) is 0. The van der Waals surface area contributed by atoms with Crippen molar-refractivity contribution in [2.45, 2.75) is 9.39 Å². The second-order valence-electron chi connectivity index (χ2n) is 2.28. The van der Waals surface area contributed by atoms with Crippen molar-refractivity contribution in [3.63, 3.8) is 0 Å². The van der Waals surface area contributed by atoms with Crippen LogP contribution in [0.1, 0.15) is 6.92 Å². The molecule has 0 rings (SSSR count). The summed E-state index contributed by atoms with van der Waals surface area (Å²) in [6.45, 7) is 2.12. The fraction of sp³-hybridized carbons (Fsp3) is 1.00. The van der Waals surface area contributed by atoms with Gasteiger partial charge in [-0.3, -0.25) is 0 Å². The molecule has 0 aromatic heterocycles. The van der Waals surface area contributed by atoms with E-state index in [9.17, 15) is 5.11 Å². The van der Waals surface area contributed by atoms with Crippen LogP contribution in [0, 0.1) is 5.92 Å². The molecule has 0 saturated heterocycles. The van der Waals surface area contributed by atoms with Crippen LogP contribution in [0.4, 0.5) is 0 Å². The molecule has 2 N–H and O–H groups in total. The van der Waals surface area contributed by atoms with Crippen LogP contribution < -0.4 is 23.2 Å². The van der Waals surface area contributed by atoms with Crippen molar-refractivity contribution in [2.24, 2.45) is 5.92 Å². The Morgan fingerprint density at radius 2 is 2.40 bits per heavy atom. The molecule has 0 heterocycles. The second kappa shape index (κ2) is 6.15. The third kappa shape index (κ3) is 6.19. The average Bonchev–Trinajstić information content (AvgIpc) is 1.80. The molecule has 0 amide bonds. The Bertz CT molecular complexity index is 97.0. The van der Waals surface area contributed by atoms with E-state index in [4.69, 9.17) is 0 Å². The van der Waals surface area contributed by atoms with Crippen molar-refractivity contribution in [1.29, 1.82) is 0 Å². The predicted octanol–water partition coefficient (Wildman–Crippen LogP) is -2.72. The van der Waals surface area contributed by atoms with Gasteiger partial charge in [0.1, 0.15) is 0 Å². The van der Waals surface area contributed by atoms with Gasteiger partial charge in [0.15, 0.2) is 0 Å². The molecule has 0 radical (unpaired) electrons. The zero-order valence-corrected chi connectivity index (χ0v) is 14.3. The molecular weight excluding hydrogens is 486 g/mol. The van der Waals surface area contributed by atoms with Crippen molar-refractivity contribution in [1.82, 2.24) is 1.74 Å². The number of halogens is 3. The Labute approximate surface area is 108 Å². The van der Waals surface area contributed by atoms with Crippen LogP contribution >= 0.6 is 45.5 Å². The van der Waals surface area contributed by atoms with E-state index in [1.807, 2.05) is 0 Å². The molecule has 2 atom stereocenters. The summed E-state index contributed by atoms with van der Waals surface area (Å²) in [6, 6.07) is 0. The molecule has 10 heavy (non-hydrogen) atoms. The van der Waals surface area contributed by atoms with Gasteiger partial charge in [0.05, 0.1) is 0 Å². The van der Waals surface area contributed by atoms with Gasteiger partial charge in [-0.2, -0.15) is 0 Å². The number of hydrogen-bond donors (Lipinski definition) is 2. The molecule has 0 aliphatic rings. The standard InChI is InChI=1S/C4H8I3NO.Al.2H/c1-3(4(5)9)2-7-8-6;;;/h3,8-9H,2H2,1H3;;;/q-1;;;. The molecular formula is C4H10AlI3NO-. The van der Waals surface area contributed by atoms with E-state index in [0.29, 0.717) is 5.92 Å². The zero-order chi connectivity index (χ0) is 8.20. The number of rotatable bonds is 4. The van der Waals surface area contributed by atoms with Gasteiger partial charge in [-0.05, 0) is 0 Å². The van der Waals surface area contributed by atoms with Crippen LogP contribution in [0.25, 0.3) is 0 Å². The summed E-state index contributed by atoms with van der Waals surface area (Å²) in [5.41, 5.74) is 0. The Morgan fingerprint density at radius 3 is 2.70 bits per heavy atom. The maximum absolute atomic E-state index is 9.55. The molecule has 2 unspecified atom stereocenters. The summed E-state index contributed by atoms with van der Waals surface area (Å²) in [4.78, 5) is 0. The molecule has 0 aromatic carbocycles. The van der Waals surface area contributed by atoms with Crippen molar-refractivity contribution >= 4 is 61.7 Å².